The maximum atomic E-state index is 13.0. The first kappa shape index (κ1) is 17.8. The fourth-order valence-electron chi connectivity index (χ4n) is 4.89. The minimum atomic E-state index is -0.553. The van der Waals surface area contributed by atoms with Crippen LogP contribution in [0, 0.1) is 5.41 Å². The third kappa shape index (κ3) is 3.12. The van der Waals surface area contributed by atoms with Crippen LogP contribution in [0.25, 0.3) is 0 Å². The maximum absolute atomic E-state index is 13.0. The summed E-state index contributed by atoms with van der Waals surface area (Å²) in [5.74, 6) is -0.703. The van der Waals surface area contributed by atoms with Crippen LogP contribution in [0.4, 0.5) is 0 Å². The Balaban J connectivity index is 1.36. The SMILES string of the molecule is O=C1CCC(N2Cc3c(CN4CCNCC5(CC5)C4)cccc3C2=O)C(=O)N1. The van der Waals surface area contributed by atoms with E-state index < -0.39 is 6.04 Å². The Labute approximate surface area is 164 Å². The number of carbonyl (C=O) groups is 3. The molecule has 1 aromatic rings. The lowest BCUT2D eigenvalue weighted by Gasteiger charge is -2.29. The molecule has 1 saturated carbocycles. The van der Waals surface area contributed by atoms with E-state index >= 15 is 0 Å². The Morgan fingerprint density at radius 3 is 2.82 bits per heavy atom. The van der Waals surface area contributed by atoms with Crippen LogP contribution >= 0.6 is 0 Å². The summed E-state index contributed by atoms with van der Waals surface area (Å²) in [5.41, 5.74) is 3.37. The molecule has 3 amide bonds. The van der Waals surface area contributed by atoms with Crippen LogP contribution in [0.5, 0.6) is 0 Å². The second-order valence-corrected chi connectivity index (χ2v) is 8.73. The van der Waals surface area contributed by atoms with E-state index in [0.717, 1.165) is 38.3 Å². The van der Waals surface area contributed by atoms with Gasteiger partial charge in [0.05, 0.1) is 0 Å². The number of hydrogen-bond donors (Lipinski definition) is 2. The van der Waals surface area contributed by atoms with Crippen LogP contribution in [0.2, 0.25) is 0 Å². The Morgan fingerprint density at radius 2 is 2.04 bits per heavy atom. The zero-order chi connectivity index (χ0) is 19.3. The number of amides is 3. The Hall–Kier alpha value is -2.25. The molecule has 3 aliphatic heterocycles. The number of fused-ring (bicyclic) bond motifs is 1. The largest absolute Gasteiger partial charge is 0.322 e. The van der Waals surface area contributed by atoms with Crippen molar-refractivity contribution in [3.63, 3.8) is 0 Å². The van der Waals surface area contributed by atoms with Gasteiger partial charge in [-0.25, -0.2) is 0 Å². The minimum Gasteiger partial charge on any atom is -0.322 e. The van der Waals surface area contributed by atoms with Crippen LogP contribution in [-0.4, -0.2) is 59.7 Å². The summed E-state index contributed by atoms with van der Waals surface area (Å²) < 4.78 is 0. The number of nitrogens with zero attached hydrogens (tertiary/aromatic N) is 2. The first-order valence-electron chi connectivity index (χ1n) is 10.2. The van der Waals surface area contributed by atoms with Gasteiger partial charge in [0.15, 0.2) is 0 Å². The highest BCUT2D eigenvalue weighted by Gasteiger charge is 2.45. The van der Waals surface area contributed by atoms with Gasteiger partial charge >= 0.3 is 0 Å². The van der Waals surface area contributed by atoms with Crippen molar-refractivity contribution in [2.24, 2.45) is 5.41 Å². The van der Waals surface area contributed by atoms with Gasteiger partial charge in [-0.15, -0.1) is 0 Å². The minimum absolute atomic E-state index is 0.0949. The van der Waals surface area contributed by atoms with Crippen LogP contribution in [0.1, 0.15) is 47.2 Å². The second-order valence-electron chi connectivity index (χ2n) is 8.73. The van der Waals surface area contributed by atoms with Crippen molar-refractivity contribution in [2.75, 3.05) is 26.2 Å². The Bertz CT molecular complexity index is 848. The zero-order valence-electron chi connectivity index (χ0n) is 16.0. The molecule has 3 fully saturated rings. The monoisotopic (exact) mass is 382 g/mol. The molecule has 3 heterocycles. The second kappa shape index (κ2) is 6.67. The highest BCUT2D eigenvalue weighted by Crippen LogP contribution is 2.46. The molecule has 1 atom stereocenters. The van der Waals surface area contributed by atoms with Crippen molar-refractivity contribution in [2.45, 2.75) is 44.8 Å². The summed E-state index contributed by atoms with van der Waals surface area (Å²) in [6, 6.07) is 5.36. The van der Waals surface area contributed by atoms with Gasteiger partial charge in [-0.1, -0.05) is 12.1 Å². The maximum Gasteiger partial charge on any atom is 0.255 e. The fourth-order valence-corrected chi connectivity index (χ4v) is 4.89. The van der Waals surface area contributed by atoms with Crippen molar-refractivity contribution in [3.05, 3.63) is 34.9 Å². The van der Waals surface area contributed by atoms with E-state index in [4.69, 9.17) is 0 Å². The third-order valence-corrected chi connectivity index (χ3v) is 6.69. The number of piperidine rings is 1. The molecule has 1 unspecified atom stereocenters. The first-order valence-corrected chi connectivity index (χ1v) is 10.2. The molecule has 4 aliphatic rings. The lowest BCUT2D eigenvalue weighted by atomic mass is 10.0. The van der Waals surface area contributed by atoms with Crippen LogP contribution in [0.15, 0.2) is 18.2 Å². The number of hydrogen-bond acceptors (Lipinski definition) is 5. The van der Waals surface area contributed by atoms with Crippen molar-refractivity contribution in [3.8, 4) is 0 Å². The molecule has 28 heavy (non-hydrogen) atoms. The average molecular weight is 382 g/mol. The van der Waals surface area contributed by atoms with Gasteiger partial charge in [0.2, 0.25) is 11.8 Å². The fraction of sp³-hybridized carbons (Fsp3) is 0.571. The molecule has 1 aliphatic carbocycles. The summed E-state index contributed by atoms with van der Waals surface area (Å²) >= 11 is 0. The van der Waals surface area contributed by atoms with Gasteiger partial charge in [-0.2, -0.15) is 0 Å². The number of benzene rings is 1. The number of nitrogens with one attached hydrogen (secondary N) is 2. The summed E-state index contributed by atoms with van der Waals surface area (Å²) in [6.45, 7) is 5.51. The van der Waals surface area contributed by atoms with Gasteiger partial charge in [-0.3, -0.25) is 24.6 Å². The third-order valence-electron chi connectivity index (χ3n) is 6.69. The summed E-state index contributed by atoms with van der Waals surface area (Å²) in [4.78, 5) is 40.8. The van der Waals surface area contributed by atoms with Gasteiger partial charge in [-0.05, 0) is 41.9 Å². The van der Waals surface area contributed by atoms with E-state index in [9.17, 15) is 14.4 Å². The molecule has 7 heteroatoms. The molecule has 0 bridgehead atoms. The van der Waals surface area contributed by atoms with Crippen LogP contribution in [0.3, 0.4) is 0 Å². The molecule has 0 radical (unpaired) electrons. The van der Waals surface area contributed by atoms with Crippen LogP contribution in [-0.2, 0) is 22.7 Å². The molecule has 148 valence electrons. The normalized spacial score (nSPS) is 26.9. The summed E-state index contributed by atoms with van der Waals surface area (Å²) in [5, 5.41) is 5.93. The Morgan fingerprint density at radius 1 is 1.18 bits per heavy atom. The van der Waals surface area contributed by atoms with E-state index in [2.05, 4.69) is 21.6 Å². The van der Waals surface area contributed by atoms with Crippen molar-refractivity contribution in [1.29, 1.82) is 0 Å². The molecule has 1 aromatic carbocycles. The van der Waals surface area contributed by atoms with E-state index in [1.807, 2.05) is 12.1 Å². The number of imide groups is 1. The van der Waals surface area contributed by atoms with Gasteiger partial charge in [0.25, 0.3) is 5.91 Å². The molecular weight excluding hydrogens is 356 g/mol. The molecule has 5 rings (SSSR count). The van der Waals surface area contributed by atoms with E-state index in [1.54, 1.807) is 4.90 Å². The Kier molecular flexibility index (Phi) is 4.25. The van der Waals surface area contributed by atoms with E-state index in [0.29, 0.717) is 23.9 Å². The smallest absolute Gasteiger partial charge is 0.255 e. The molecule has 1 spiro atoms. The van der Waals surface area contributed by atoms with Crippen molar-refractivity contribution in [1.82, 2.24) is 20.4 Å². The zero-order valence-corrected chi connectivity index (χ0v) is 16.0. The number of rotatable bonds is 3. The van der Waals surface area contributed by atoms with Crippen LogP contribution < -0.4 is 10.6 Å². The molecule has 2 saturated heterocycles. The highest BCUT2D eigenvalue weighted by atomic mass is 16.2. The predicted molar refractivity (Wildman–Crippen MR) is 102 cm³/mol. The lowest BCUT2D eigenvalue weighted by Crippen LogP contribution is -2.52. The van der Waals surface area contributed by atoms with Crippen molar-refractivity contribution >= 4 is 17.7 Å². The quantitative estimate of drug-likeness (QED) is 0.750. The highest BCUT2D eigenvalue weighted by molar-refractivity contribution is 6.05. The predicted octanol–water partition coefficient (Wildman–Crippen LogP) is 0.633. The lowest BCUT2D eigenvalue weighted by molar-refractivity contribution is -0.136. The van der Waals surface area contributed by atoms with E-state index in [-0.39, 0.29) is 24.1 Å². The molecule has 2 N–H and O–H groups in total. The van der Waals surface area contributed by atoms with Crippen molar-refractivity contribution < 1.29 is 14.4 Å². The molecule has 0 aromatic heterocycles. The van der Waals surface area contributed by atoms with Gasteiger partial charge < -0.3 is 10.2 Å². The topological polar surface area (TPSA) is 81.8 Å². The summed E-state index contributed by atoms with van der Waals surface area (Å²) in [6.07, 6.45) is 3.28. The first-order chi connectivity index (χ1) is 13.5. The van der Waals surface area contributed by atoms with E-state index in [1.165, 1.54) is 18.4 Å². The van der Waals surface area contributed by atoms with Gasteiger partial charge in [0, 0.05) is 51.3 Å². The summed E-state index contributed by atoms with van der Waals surface area (Å²) in [7, 11) is 0. The standard InChI is InChI=1S/C21H26N4O3/c26-18-5-4-17(19(27)23-18)25-11-16-14(2-1-3-15(16)20(25)28)10-24-9-8-22-12-21(13-24)6-7-21/h1-3,17,22H,4-13H2,(H,23,26,27). The number of carbonyl (C=O) groups excluding carboxylic acids is 3. The molecular formula is C21H26N4O3. The van der Waals surface area contributed by atoms with Gasteiger partial charge in [0.1, 0.15) is 6.04 Å². The average Bonchev–Trinajstić information content (AvgIpc) is 3.40. The molecule has 7 nitrogen and oxygen atoms in total.